The monoisotopic (exact) mass is 389 g/mol. The van der Waals surface area contributed by atoms with Gasteiger partial charge < -0.3 is 9.64 Å². The predicted octanol–water partition coefficient (Wildman–Crippen LogP) is 3.74. The summed E-state index contributed by atoms with van der Waals surface area (Å²) < 4.78 is 33.4. The van der Waals surface area contributed by atoms with Crippen LogP contribution in [-0.4, -0.2) is 33.6 Å². The number of rotatable bonds is 5. The molecule has 0 saturated carbocycles. The van der Waals surface area contributed by atoms with Crippen LogP contribution in [0, 0.1) is 19.8 Å². The Morgan fingerprint density at radius 3 is 2.44 bits per heavy atom. The Balaban J connectivity index is 1.77. The van der Waals surface area contributed by atoms with Crippen LogP contribution in [0.4, 0.5) is 11.5 Å². The number of benzene rings is 1. The van der Waals surface area contributed by atoms with Crippen LogP contribution >= 0.6 is 0 Å². The number of nitrogens with zero attached hydrogens (tertiary/aromatic N) is 2. The summed E-state index contributed by atoms with van der Waals surface area (Å²) in [6.45, 7) is 7.88. The molecule has 0 radical (unpaired) electrons. The third-order valence-corrected chi connectivity index (χ3v) is 6.61. The summed E-state index contributed by atoms with van der Waals surface area (Å²) in [5, 5.41) is 0. The van der Waals surface area contributed by atoms with E-state index in [-0.39, 0.29) is 4.90 Å². The molecule has 6 nitrogen and oxygen atoms in total. The SMILES string of the molecule is COc1cc(C)c(S(=O)(=O)Nc2ccc(N3CCC(C)CC3)cn2)cc1C. The minimum absolute atomic E-state index is 0.233. The molecule has 0 spiro atoms. The van der Waals surface area contributed by atoms with Crippen LogP contribution < -0.4 is 14.4 Å². The Hall–Kier alpha value is -2.28. The van der Waals surface area contributed by atoms with Gasteiger partial charge >= 0.3 is 0 Å². The fourth-order valence-electron chi connectivity index (χ4n) is 3.37. The molecule has 1 aromatic heterocycles. The van der Waals surface area contributed by atoms with Gasteiger partial charge in [-0.15, -0.1) is 0 Å². The lowest BCUT2D eigenvalue weighted by Crippen LogP contribution is -2.32. The highest BCUT2D eigenvalue weighted by Crippen LogP contribution is 2.27. The summed E-state index contributed by atoms with van der Waals surface area (Å²) in [5.74, 6) is 1.75. The lowest BCUT2D eigenvalue weighted by molar-refractivity contribution is 0.411. The average Bonchev–Trinajstić information content (AvgIpc) is 2.64. The number of methoxy groups -OCH3 is 1. The lowest BCUT2D eigenvalue weighted by atomic mass is 9.99. The zero-order valence-corrected chi connectivity index (χ0v) is 17.1. The third-order valence-electron chi connectivity index (χ3n) is 5.12. The van der Waals surface area contributed by atoms with Gasteiger partial charge in [-0.3, -0.25) is 4.72 Å². The molecular formula is C20H27N3O3S. The van der Waals surface area contributed by atoms with Crippen molar-refractivity contribution in [2.45, 2.75) is 38.5 Å². The van der Waals surface area contributed by atoms with Gasteiger partial charge in [0.25, 0.3) is 10.0 Å². The number of nitrogens with one attached hydrogen (secondary N) is 1. The van der Waals surface area contributed by atoms with E-state index in [9.17, 15) is 8.42 Å². The first-order chi connectivity index (χ1) is 12.8. The van der Waals surface area contributed by atoms with Gasteiger partial charge in [0.2, 0.25) is 0 Å². The number of sulfonamides is 1. The van der Waals surface area contributed by atoms with Gasteiger partial charge in [-0.05, 0) is 68.0 Å². The van der Waals surface area contributed by atoms with E-state index >= 15 is 0 Å². The van der Waals surface area contributed by atoms with Crippen molar-refractivity contribution in [3.63, 3.8) is 0 Å². The maximum atomic E-state index is 12.8. The molecule has 1 aromatic carbocycles. The highest BCUT2D eigenvalue weighted by molar-refractivity contribution is 7.92. The van der Waals surface area contributed by atoms with Gasteiger partial charge in [0.15, 0.2) is 0 Å². The van der Waals surface area contributed by atoms with Gasteiger partial charge in [0.05, 0.1) is 23.9 Å². The van der Waals surface area contributed by atoms with Crippen molar-refractivity contribution in [3.8, 4) is 5.75 Å². The normalized spacial score (nSPS) is 15.6. The fraction of sp³-hybridized carbons (Fsp3) is 0.450. The second-order valence-electron chi connectivity index (χ2n) is 7.26. The Kier molecular flexibility index (Phi) is 5.60. The van der Waals surface area contributed by atoms with Gasteiger partial charge in [0.1, 0.15) is 11.6 Å². The second kappa shape index (κ2) is 7.76. The largest absolute Gasteiger partial charge is 0.496 e. The maximum absolute atomic E-state index is 12.8. The molecule has 2 heterocycles. The van der Waals surface area contributed by atoms with E-state index < -0.39 is 10.0 Å². The van der Waals surface area contributed by atoms with Crippen molar-refractivity contribution >= 4 is 21.5 Å². The Bertz CT molecular complexity index is 903. The maximum Gasteiger partial charge on any atom is 0.263 e. The molecule has 3 rings (SSSR count). The standard InChI is InChI=1S/C20H27N3O3S/c1-14-7-9-23(10-8-14)17-5-6-20(21-13-17)22-27(24,25)19-12-15(2)18(26-4)11-16(19)3/h5-6,11-14H,7-10H2,1-4H3,(H,21,22). The van der Waals surface area contributed by atoms with Gasteiger partial charge in [-0.2, -0.15) is 0 Å². The van der Waals surface area contributed by atoms with Crippen molar-refractivity contribution in [2.24, 2.45) is 5.92 Å². The first-order valence-corrected chi connectivity index (χ1v) is 10.7. The van der Waals surface area contributed by atoms with Crippen LogP contribution in [0.2, 0.25) is 0 Å². The molecule has 0 aliphatic carbocycles. The Morgan fingerprint density at radius 1 is 1.15 bits per heavy atom. The minimum Gasteiger partial charge on any atom is -0.496 e. The molecular weight excluding hydrogens is 362 g/mol. The summed E-state index contributed by atoms with van der Waals surface area (Å²) in [6, 6.07) is 7.00. The van der Waals surface area contributed by atoms with Crippen molar-refractivity contribution in [1.29, 1.82) is 0 Å². The Morgan fingerprint density at radius 2 is 1.85 bits per heavy atom. The molecule has 1 saturated heterocycles. The van der Waals surface area contributed by atoms with Crippen LogP contribution in [0.1, 0.15) is 30.9 Å². The predicted molar refractivity (Wildman–Crippen MR) is 108 cm³/mol. The number of ether oxygens (including phenoxy) is 1. The van der Waals surface area contributed by atoms with Crippen molar-refractivity contribution in [2.75, 3.05) is 29.8 Å². The zero-order chi connectivity index (χ0) is 19.6. The number of hydrogen-bond donors (Lipinski definition) is 1. The van der Waals surface area contributed by atoms with Crippen LogP contribution in [0.3, 0.4) is 0 Å². The number of hydrogen-bond acceptors (Lipinski definition) is 5. The molecule has 27 heavy (non-hydrogen) atoms. The van der Waals surface area contributed by atoms with E-state index in [0.717, 1.165) is 30.3 Å². The molecule has 2 aromatic rings. The highest BCUT2D eigenvalue weighted by atomic mass is 32.2. The summed E-state index contributed by atoms with van der Waals surface area (Å²) in [7, 11) is -2.15. The van der Waals surface area contributed by atoms with Gasteiger partial charge in [-0.25, -0.2) is 13.4 Å². The first-order valence-electron chi connectivity index (χ1n) is 9.19. The van der Waals surface area contributed by atoms with Crippen LogP contribution in [0.25, 0.3) is 0 Å². The number of piperidine rings is 1. The highest BCUT2D eigenvalue weighted by Gasteiger charge is 2.20. The van der Waals surface area contributed by atoms with E-state index in [1.165, 1.54) is 12.8 Å². The van der Waals surface area contributed by atoms with Crippen LogP contribution in [0.5, 0.6) is 5.75 Å². The summed E-state index contributed by atoms with van der Waals surface area (Å²) in [4.78, 5) is 6.84. The van der Waals surface area contributed by atoms with Crippen molar-refractivity contribution in [3.05, 3.63) is 41.6 Å². The molecule has 1 N–H and O–H groups in total. The molecule has 7 heteroatoms. The number of anilines is 2. The average molecular weight is 390 g/mol. The third kappa shape index (κ3) is 4.35. The van der Waals surface area contributed by atoms with Crippen molar-refractivity contribution in [1.82, 2.24) is 4.98 Å². The Labute approximate surface area is 161 Å². The molecule has 0 bridgehead atoms. The van der Waals surface area contributed by atoms with E-state index in [0.29, 0.717) is 17.1 Å². The fourth-order valence-corrected chi connectivity index (χ4v) is 4.69. The van der Waals surface area contributed by atoms with Gasteiger partial charge in [-0.1, -0.05) is 6.92 Å². The zero-order valence-electron chi connectivity index (χ0n) is 16.3. The minimum atomic E-state index is -3.72. The van der Waals surface area contributed by atoms with E-state index in [2.05, 4.69) is 21.5 Å². The lowest BCUT2D eigenvalue weighted by Gasteiger charge is -2.31. The molecule has 1 aliphatic heterocycles. The van der Waals surface area contributed by atoms with Crippen LogP contribution in [0.15, 0.2) is 35.4 Å². The number of pyridine rings is 1. The smallest absolute Gasteiger partial charge is 0.263 e. The second-order valence-corrected chi connectivity index (χ2v) is 8.91. The molecule has 0 unspecified atom stereocenters. The molecule has 1 aliphatic rings. The van der Waals surface area contributed by atoms with Crippen molar-refractivity contribution < 1.29 is 13.2 Å². The van der Waals surface area contributed by atoms with E-state index in [1.807, 2.05) is 13.0 Å². The van der Waals surface area contributed by atoms with Crippen LogP contribution in [-0.2, 0) is 10.0 Å². The number of aromatic nitrogens is 1. The van der Waals surface area contributed by atoms with E-state index in [4.69, 9.17) is 4.74 Å². The molecule has 1 fully saturated rings. The molecule has 0 atom stereocenters. The summed E-state index contributed by atoms with van der Waals surface area (Å²) in [6.07, 6.45) is 4.08. The summed E-state index contributed by atoms with van der Waals surface area (Å²) >= 11 is 0. The first kappa shape index (κ1) is 19.5. The van der Waals surface area contributed by atoms with Gasteiger partial charge in [0, 0.05) is 13.1 Å². The molecule has 0 amide bonds. The topological polar surface area (TPSA) is 71.5 Å². The quantitative estimate of drug-likeness (QED) is 0.843. The number of aryl methyl sites for hydroxylation is 2. The summed E-state index contributed by atoms with van der Waals surface area (Å²) in [5.41, 5.74) is 2.43. The van der Waals surface area contributed by atoms with E-state index in [1.54, 1.807) is 38.4 Å². The molecule has 146 valence electrons.